The lowest BCUT2D eigenvalue weighted by atomic mass is 10.0. The number of hydrogen-bond acceptors (Lipinski definition) is 3. The van der Waals surface area contributed by atoms with Crippen molar-refractivity contribution < 1.29 is 14.3 Å². The molecule has 0 radical (unpaired) electrons. The molecule has 0 N–H and O–H groups in total. The highest BCUT2D eigenvalue weighted by Gasteiger charge is 2.27. The van der Waals surface area contributed by atoms with Crippen LogP contribution < -0.4 is 0 Å². The van der Waals surface area contributed by atoms with Gasteiger partial charge in [-0.15, -0.1) is 0 Å². The van der Waals surface area contributed by atoms with Gasteiger partial charge in [-0.3, -0.25) is 9.69 Å². The first-order chi connectivity index (χ1) is 8.72. The van der Waals surface area contributed by atoms with E-state index in [1.54, 1.807) is 17.0 Å². The molecule has 4 heteroatoms. The third kappa shape index (κ3) is 2.59. The van der Waals surface area contributed by atoms with Crippen LogP contribution in [-0.4, -0.2) is 36.5 Å². The first-order valence-electron chi connectivity index (χ1n) is 5.82. The van der Waals surface area contributed by atoms with Gasteiger partial charge in [-0.1, -0.05) is 42.5 Å². The van der Waals surface area contributed by atoms with Crippen LogP contribution in [0.5, 0.6) is 0 Å². The number of benzene rings is 1. The van der Waals surface area contributed by atoms with Crippen LogP contribution in [0, 0.1) is 0 Å². The van der Waals surface area contributed by atoms with Crippen LogP contribution in [0.15, 0.2) is 42.5 Å². The second kappa shape index (κ2) is 5.49. The van der Waals surface area contributed by atoms with Crippen molar-refractivity contribution in [3.05, 3.63) is 48.0 Å². The zero-order valence-electron chi connectivity index (χ0n) is 10.2. The number of methoxy groups -OCH3 is 1. The van der Waals surface area contributed by atoms with E-state index in [0.29, 0.717) is 12.1 Å². The number of Topliss-reactive ketones (excluding diaryl/α,β-unsaturated/α-hetero) is 1. The molecule has 0 bridgehead atoms. The van der Waals surface area contributed by atoms with E-state index < -0.39 is 6.09 Å². The Bertz CT molecular complexity index is 467. The predicted octanol–water partition coefficient (Wildman–Crippen LogP) is 2.27. The number of ether oxygens (including phenoxy) is 1. The zero-order chi connectivity index (χ0) is 13.0. The van der Waals surface area contributed by atoms with E-state index in [0.717, 1.165) is 0 Å². The Morgan fingerprint density at radius 1 is 1.33 bits per heavy atom. The molecule has 1 aliphatic heterocycles. The van der Waals surface area contributed by atoms with Crippen molar-refractivity contribution >= 4 is 11.9 Å². The summed E-state index contributed by atoms with van der Waals surface area (Å²) in [7, 11) is 1.34. The Morgan fingerprint density at radius 2 is 2.06 bits per heavy atom. The normalized spacial score (nSPS) is 17.8. The highest BCUT2D eigenvalue weighted by Crippen LogP contribution is 2.17. The third-order valence-corrected chi connectivity index (χ3v) is 2.96. The Balaban J connectivity index is 2.03. The van der Waals surface area contributed by atoms with Crippen molar-refractivity contribution in [3.8, 4) is 0 Å². The molecule has 94 valence electrons. The van der Waals surface area contributed by atoms with E-state index in [2.05, 4.69) is 4.74 Å². The molecule has 1 heterocycles. The van der Waals surface area contributed by atoms with Gasteiger partial charge in [0, 0.05) is 18.5 Å². The van der Waals surface area contributed by atoms with Gasteiger partial charge in [-0.25, -0.2) is 4.79 Å². The summed E-state index contributed by atoms with van der Waals surface area (Å²) >= 11 is 0. The second-order valence-corrected chi connectivity index (χ2v) is 4.11. The highest BCUT2D eigenvalue weighted by molar-refractivity contribution is 5.96. The summed E-state index contributed by atoms with van der Waals surface area (Å²) in [5.74, 6) is 0.0288. The number of rotatable bonds is 3. The molecule has 0 fully saturated rings. The number of amides is 1. The Morgan fingerprint density at radius 3 is 2.72 bits per heavy atom. The number of ketones is 1. The topological polar surface area (TPSA) is 46.6 Å². The number of carbonyl (C=O) groups is 2. The fourth-order valence-electron chi connectivity index (χ4n) is 2.01. The van der Waals surface area contributed by atoms with Gasteiger partial charge in [0.05, 0.1) is 13.2 Å². The lowest BCUT2D eigenvalue weighted by Gasteiger charge is -2.22. The molecule has 18 heavy (non-hydrogen) atoms. The molecule has 1 aromatic carbocycles. The smallest absolute Gasteiger partial charge is 0.410 e. The zero-order valence-corrected chi connectivity index (χ0v) is 10.2. The minimum atomic E-state index is -0.397. The van der Waals surface area contributed by atoms with Crippen LogP contribution >= 0.6 is 0 Å². The standard InChI is InChI=1S/C14H15NO3/c1-18-14(17)15-9-5-8-12(15)10-13(16)11-6-3-2-4-7-11/h2-8,12H,9-10H2,1H3/t12-/m1/s1. The Hall–Kier alpha value is -2.10. The number of carbonyl (C=O) groups excluding carboxylic acids is 2. The Labute approximate surface area is 106 Å². The van der Waals surface area contributed by atoms with Crippen molar-refractivity contribution in [3.63, 3.8) is 0 Å². The van der Waals surface area contributed by atoms with Crippen molar-refractivity contribution in [2.45, 2.75) is 12.5 Å². The lowest BCUT2D eigenvalue weighted by molar-refractivity contribution is 0.0929. The summed E-state index contributed by atoms with van der Waals surface area (Å²) < 4.78 is 4.69. The molecule has 2 rings (SSSR count). The molecule has 4 nitrogen and oxygen atoms in total. The highest BCUT2D eigenvalue weighted by atomic mass is 16.5. The number of nitrogens with zero attached hydrogens (tertiary/aromatic N) is 1. The maximum absolute atomic E-state index is 12.0. The predicted molar refractivity (Wildman–Crippen MR) is 67.4 cm³/mol. The van der Waals surface area contributed by atoms with E-state index in [1.165, 1.54) is 7.11 Å². The van der Waals surface area contributed by atoms with E-state index in [4.69, 9.17) is 0 Å². The largest absolute Gasteiger partial charge is 0.453 e. The van der Waals surface area contributed by atoms with Crippen LogP contribution in [0.3, 0.4) is 0 Å². The first kappa shape index (κ1) is 12.4. The monoisotopic (exact) mass is 245 g/mol. The van der Waals surface area contributed by atoms with Crippen LogP contribution in [0.25, 0.3) is 0 Å². The van der Waals surface area contributed by atoms with Gasteiger partial charge in [0.1, 0.15) is 0 Å². The van der Waals surface area contributed by atoms with Crippen LogP contribution in [0.1, 0.15) is 16.8 Å². The van der Waals surface area contributed by atoms with Crippen molar-refractivity contribution in [1.29, 1.82) is 0 Å². The SMILES string of the molecule is COC(=O)N1CC=C[C@@H]1CC(=O)c1ccccc1. The van der Waals surface area contributed by atoms with E-state index in [1.807, 2.05) is 30.4 Å². The lowest BCUT2D eigenvalue weighted by Crippen LogP contribution is -2.37. The molecule has 0 saturated carbocycles. The van der Waals surface area contributed by atoms with Crippen LogP contribution in [-0.2, 0) is 4.74 Å². The van der Waals surface area contributed by atoms with Gasteiger partial charge in [0.15, 0.2) is 5.78 Å². The molecule has 0 saturated heterocycles. The van der Waals surface area contributed by atoms with Crippen LogP contribution in [0.4, 0.5) is 4.79 Å². The van der Waals surface area contributed by atoms with Crippen molar-refractivity contribution in [2.24, 2.45) is 0 Å². The van der Waals surface area contributed by atoms with Gasteiger partial charge in [-0.05, 0) is 0 Å². The first-order valence-corrected chi connectivity index (χ1v) is 5.82. The second-order valence-electron chi connectivity index (χ2n) is 4.11. The van der Waals surface area contributed by atoms with Crippen LogP contribution in [0.2, 0.25) is 0 Å². The van der Waals surface area contributed by atoms with E-state index in [-0.39, 0.29) is 18.2 Å². The van der Waals surface area contributed by atoms with Crippen molar-refractivity contribution in [1.82, 2.24) is 4.90 Å². The van der Waals surface area contributed by atoms with Gasteiger partial charge in [0.2, 0.25) is 0 Å². The third-order valence-electron chi connectivity index (χ3n) is 2.96. The molecule has 0 aliphatic carbocycles. The summed E-state index contributed by atoms with van der Waals surface area (Å²) in [4.78, 5) is 25.1. The summed E-state index contributed by atoms with van der Waals surface area (Å²) in [5.41, 5.74) is 0.669. The van der Waals surface area contributed by atoms with Gasteiger partial charge in [0.25, 0.3) is 0 Å². The molecular weight excluding hydrogens is 230 g/mol. The van der Waals surface area contributed by atoms with E-state index in [9.17, 15) is 9.59 Å². The van der Waals surface area contributed by atoms with Gasteiger partial charge >= 0.3 is 6.09 Å². The minimum absolute atomic E-state index is 0.0288. The summed E-state index contributed by atoms with van der Waals surface area (Å²) in [5, 5.41) is 0. The quantitative estimate of drug-likeness (QED) is 0.606. The average molecular weight is 245 g/mol. The van der Waals surface area contributed by atoms with Gasteiger partial charge in [-0.2, -0.15) is 0 Å². The molecule has 1 aromatic rings. The molecule has 1 atom stereocenters. The fraction of sp³-hybridized carbons (Fsp3) is 0.286. The maximum atomic E-state index is 12.0. The maximum Gasteiger partial charge on any atom is 0.410 e. The molecular formula is C14H15NO3. The molecule has 0 aromatic heterocycles. The minimum Gasteiger partial charge on any atom is -0.453 e. The molecule has 0 spiro atoms. The summed E-state index contributed by atoms with van der Waals surface area (Å²) in [6.07, 6.45) is 3.64. The summed E-state index contributed by atoms with van der Waals surface area (Å²) in [6.45, 7) is 0.499. The van der Waals surface area contributed by atoms with Crippen molar-refractivity contribution in [2.75, 3.05) is 13.7 Å². The van der Waals surface area contributed by atoms with E-state index >= 15 is 0 Å². The molecule has 0 unspecified atom stereocenters. The van der Waals surface area contributed by atoms with Gasteiger partial charge < -0.3 is 4.74 Å². The number of hydrogen-bond donors (Lipinski definition) is 0. The molecule has 1 aliphatic rings. The summed E-state index contributed by atoms with van der Waals surface area (Å²) in [6, 6.07) is 8.89. The average Bonchev–Trinajstić information content (AvgIpc) is 2.87. The molecule has 1 amide bonds. The fourth-order valence-corrected chi connectivity index (χ4v) is 2.01. The Kier molecular flexibility index (Phi) is 3.77.